The minimum absolute atomic E-state index is 0.0348. The van der Waals surface area contributed by atoms with E-state index in [0.717, 1.165) is 59.5 Å². The molecule has 1 amide bonds. The van der Waals surface area contributed by atoms with Crippen LogP contribution in [0.1, 0.15) is 20.4 Å². The molecule has 0 atom stereocenters. The second-order valence-corrected chi connectivity index (χ2v) is 9.10. The number of aryl methyl sites for hydroxylation is 2. The molecule has 0 aliphatic carbocycles. The number of nitrogens with zero attached hydrogens (tertiary/aromatic N) is 4. The van der Waals surface area contributed by atoms with Crippen molar-refractivity contribution in [1.29, 1.82) is 0 Å². The van der Waals surface area contributed by atoms with Crippen LogP contribution in [-0.2, 0) is 4.74 Å². The van der Waals surface area contributed by atoms with Gasteiger partial charge in [-0.15, -0.1) is 11.3 Å². The Labute approximate surface area is 177 Å². The predicted octanol–water partition coefficient (Wildman–Crippen LogP) is 3.36. The van der Waals surface area contributed by atoms with Gasteiger partial charge in [-0.25, -0.2) is 9.97 Å². The van der Waals surface area contributed by atoms with Crippen molar-refractivity contribution in [3.8, 4) is 5.75 Å². The fourth-order valence-corrected chi connectivity index (χ4v) is 5.23. The summed E-state index contributed by atoms with van der Waals surface area (Å²) in [6.45, 7) is 8.42. The standard InChI is InChI=1S/C20H24N4O3S2/c1-13-18(28-14(2)21-13)19(25)24(7-6-23-8-10-27-11-9-23)20-22-16-5-4-15(26-3)12-17(16)29-20/h4-5,12H,6-11H2,1-3H3. The fourth-order valence-electron chi connectivity index (χ4n) is 3.34. The Balaban J connectivity index is 1.65. The van der Waals surface area contributed by atoms with Crippen LogP contribution in [-0.4, -0.2) is 67.3 Å². The van der Waals surface area contributed by atoms with E-state index < -0.39 is 0 Å². The van der Waals surface area contributed by atoms with E-state index in [0.29, 0.717) is 16.6 Å². The summed E-state index contributed by atoms with van der Waals surface area (Å²) in [4.78, 5) is 27.4. The van der Waals surface area contributed by atoms with Gasteiger partial charge in [0.1, 0.15) is 10.6 Å². The van der Waals surface area contributed by atoms with Crippen molar-refractivity contribution in [3.05, 3.63) is 33.8 Å². The van der Waals surface area contributed by atoms with Gasteiger partial charge in [0, 0.05) is 26.2 Å². The molecular formula is C20H24N4O3S2. The molecule has 1 aliphatic rings. The second kappa shape index (κ2) is 8.74. The monoisotopic (exact) mass is 432 g/mol. The Kier molecular flexibility index (Phi) is 6.09. The summed E-state index contributed by atoms with van der Waals surface area (Å²) in [6.07, 6.45) is 0. The lowest BCUT2D eigenvalue weighted by atomic mass is 10.3. The number of fused-ring (bicyclic) bond motifs is 1. The number of thiazole rings is 2. The average Bonchev–Trinajstić information content (AvgIpc) is 3.30. The molecule has 0 bridgehead atoms. The minimum atomic E-state index is -0.0348. The molecule has 1 saturated heterocycles. The summed E-state index contributed by atoms with van der Waals surface area (Å²) in [7, 11) is 1.65. The molecule has 0 unspecified atom stereocenters. The number of rotatable bonds is 6. The first-order valence-corrected chi connectivity index (χ1v) is 11.2. The summed E-state index contributed by atoms with van der Waals surface area (Å²) < 4.78 is 11.8. The summed E-state index contributed by atoms with van der Waals surface area (Å²) in [5, 5.41) is 1.60. The van der Waals surface area contributed by atoms with Crippen molar-refractivity contribution in [2.75, 3.05) is 51.4 Å². The Morgan fingerprint density at radius 1 is 1.24 bits per heavy atom. The van der Waals surface area contributed by atoms with E-state index in [9.17, 15) is 4.79 Å². The summed E-state index contributed by atoms with van der Waals surface area (Å²) in [5.74, 6) is 0.750. The number of hydrogen-bond acceptors (Lipinski definition) is 8. The number of carbonyl (C=O) groups excluding carboxylic acids is 1. The molecule has 29 heavy (non-hydrogen) atoms. The van der Waals surface area contributed by atoms with Crippen LogP contribution in [0.5, 0.6) is 5.75 Å². The fraction of sp³-hybridized carbons (Fsp3) is 0.450. The highest BCUT2D eigenvalue weighted by Gasteiger charge is 2.26. The zero-order valence-electron chi connectivity index (χ0n) is 16.8. The maximum Gasteiger partial charge on any atom is 0.272 e. The van der Waals surface area contributed by atoms with Gasteiger partial charge in [-0.2, -0.15) is 0 Å². The molecule has 3 aromatic rings. The Bertz CT molecular complexity index is 1010. The molecule has 2 aromatic heterocycles. The highest BCUT2D eigenvalue weighted by atomic mass is 32.1. The third-order valence-corrected chi connectivity index (χ3v) is 7.00. The van der Waals surface area contributed by atoms with Crippen molar-refractivity contribution in [2.24, 2.45) is 0 Å². The van der Waals surface area contributed by atoms with Gasteiger partial charge < -0.3 is 9.47 Å². The molecule has 0 spiro atoms. The van der Waals surface area contributed by atoms with Crippen molar-refractivity contribution >= 4 is 43.9 Å². The molecule has 9 heteroatoms. The number of hydrogen-bond donors (Lipinski definition) is 0. The van der Waals surface area contributed by atoms with Crippen LogP contribution in [0.4, 0.5) is 5.13 Å². The quantitative estimate of drug-likeness (QED) is 0.595. The molecule has 4 rings (SSSR count). The lowest BCUT2D eigenvalue weighted by Gasteiger charge is -2.29. The Hall–Kier alpha value is -2.07. The molecule has 0 radical (unpaired) electrons. The zero-order valence-corrected chi connectivity index (χ0v) is 18.4. The van der Waals surface area contributed by atoms with Gasteiger partial charge in [0.25, 0.3) is 5.91 Å². The van der Waals surface area contributed by atoms with Crippen molar-refractivity contribution in [3.63, 3.8) is 0 Å². The van der Waals surface area contributed by atoms with Crippen LogP contribution in [0.25, 0.3) is 10.2 Å². The van der Waals surface area contributed by atoms with Crippen LogP contribution in [0.15, 0.2) is 18.2 Å². The number of aromatic nitrogens is 2. The molecule has 1 fully saturated rings. The van der Waals surface area contributed by atoms with Gasteiger partial charge in [0.15, 0.2) is 5.13 Å². The molecule has 1 aromatic carbocycles. The predicted molar refractivity (Wildman–Crippen MR) is 117 cm³/mol. The van der Waals surface area contributed by atoms with Crippen LogP contribution in [0.3, 0.4) is 0 Å². The molecule has 7 nitrogen and oxygen atoms in total. The van der Waals surface area contributed by atoms with Gasteiger partial charge in [-0.05, 0) is 32.0 Å². The third-order valence-electron chi connectivity index (χ3n) is 4.90. The summed E-state index contributed by atoms with van der Waals surface area (Å²) in [5.41, 5.74) is 1.64. The smallest absolute Gasteiger partial charge is 0.272 e. The van der Waals surface area contributed by atoms with Gasteiger partial charge in [-0.3, -0.25) is 14.6 Å². The normalized spacial score (nSPS) is 15.0. The largest absolute Gasteiger partial charge is 0.497 e. The first-order valence-electron chi connectivity index (χ1n) is 9.55. The lowest BCUT2D eigenvalue weighted by molar-refractivity contribution is 0.0391. The molecule has 1 aliphatic heterocycles. The van der Waals surface area contributed by atoms with Gasteiger partial charge in [0.2, 0.25) is 0 Å². The van der Waals surface area contributed by atoms with Crippen LogP contribution in [0, 0.1) is 13.8 Å². The zero-order chi connectivity index (χ0) is 20.4. The number of amides is 1. The van der Waals surface area contributed by atoms with E-state index in [1.165, 1.54) is 22.7 Å². The third kappa shape index (κ3) is 4.42. The molecular weight excluding hydrogens is 408 g/mol. The highest BCUT2D eigenvalue weighted by Crippen LogP contribution is 2.33. The van der Waals surface area contributed by atoms with Crippen molar-refractivity contribution in [1.82, 2.24) is 14.9 Å². The van der Waals surface area contributed by atoms with E-state index >= 15 is 0 Å². The van der Waals surface area contributed by atoms with E-state index in [2.05, 4.69) is 9.88 Å². The summed E-state index contributed by atoms with van der Waals surface area (Å²) >= 11 is 2.95. The minimum Gasteiger partial charge on any atom is -0.497 e. The number of methoxy groups -OCH3 is 1. The molecule has 3 heterocycles. The van der Waals surface area contributed by atoms with Crippen molar-refractivity contribution < 1.29 is 14.3 Å². The SMILES string of the molecule is COc1ccc2nc(N(CCN3CCOCC3)C(=O)c3sc(C)nc3C)sc2c1. The van der Waals surface area contributed by atoms with Gasteiger partial charge in [-0.1, -0.05) is 11.3 Å². The highest BCUT2D eigenvalue weighted by molar-refractivity contribution is 7.22. The van der Waals surface area contributed by atoms with E-state index in [1.807, 2.05) is 32.0 Å². The molecule has 154 valence electrons. The number of benzene rings is 1. The molecule has 0 saturated carbocycles. The van der Waals surface area contributed by atoms with Gasteiger partial charge in [0.05, 0.1) is 41.2 Å². The average molecular weight is 433 g/mol. The van der Waals surface area contributed by atoms with E-state index in [-0.39, 0.29) is 5.91 Å². The first-order chi connectivity index (χ1) is 14.0. The first kappa shape index (κ1) is 20.2. The number of carbonyl (C=O) groups is 1. The topological polar surface area (TPSA) is 67.8 Å². The number of morpholine rings is 1. The van der Waals surface area contributed by atoms with E-state index in [4.69, 9.17) is 14.5 Å². The lowest BCUT2D eigenvalue weighted by Crippen LogP contribution is -2.43. The summed E-state index contributed by atoms with van der Waals surface area (Å²) in [6, 6.07) is 5.78. The van der Waals surface area contributed by atoms with Crippen molar-refractivity contribution in [2.45, 2.75) is 13.8 Å². The Morgan fingerprint density at radius 3 is 2.72 bits per heavy atom. The van der Waals surface area contributed by atoms with Crippen LogP contribution >= 0.6 is 22.7 Å². The second-order valence-electron chi connectivity index (χ2n) is 6.89. The molecule has 0 N–H and O–H groups in total. The number of ether oxygens (including phenoxy) is 2. The van der Waals surface area contributed by atoms with Gasteiger partial charge >= 0.3 is 0 Å². The van der Waals surface area contributed by atoms with E-state index in [1.54, 1.807) is 12.0 Å². The maximum absolute atomic E-state index is 13.4. The van der Waals surface area contributed by atoms with Crippen LogP contribution < -0.4 is 9.64 Å². The Morgan fingerprint density at radius 2 is 2.03 bits per heavy atom. The maximum atomic E-state index is 13.4. The van der Waals surface area contributed by atoms with Crippen LogP contribution in [0.2, 0.25) is 0 Å². The number of anilines is 1.